The number of carbonyl (C=O) groups is 1. The summed E-state index contributed by atoms with van der Waals surface area (Å²) < 4.78 is 11.2. The molecule has 1 N–H and O–H groups in total. The Balaban J connectivity index is 1.61. The third kappa shape index (κ3) is 9.45. The number of rotatable bonds is 13. The minimum Gasteiger partial charge on any atom is -0.491 e. The molecule has 0 saturated carbocycles. The molecular weight excluding hydrogens is 352 g/mol. The van der Waals surface area contributed by atoms with Gasteiger partial charge in [0.05, 0.1) is 18.9 Å². The van der Waals surface area contributed by atoms with Gasteiger partial charge in [-0.3, -0.25) is 5.32 Å². The maximum Gasteiger partial charge on any atom is 0.411 e. The zero-order valence-electron chi connectivity index (χ0n) is 17.6. The highest BCUT2D eigenvalue weighted by molar-refractivity contribution is 5.86. The molecule has 1 amide bonds. The zero-order valence-corrected chi connectivity index (χ0v) is 17.6. The van der Waals surface area contributed by atoms with E-state index in [4.69, 9.17) is 9.47 Å². The minimum absolute atomic E-state index is 0.408. The van der Waals surface area contributed by atoms with Gasteiger partial charge in [0.1, 0.15) is 5.75 Å². The number of likely N-dealkylation sites (tertiary alicyclic amines) is 1. The molecule has 5 nitrogen and oxygen atoms in total. The van der Waals surface area contributed by atoms with E-state index in [1.165, 1.54) is 64.5 Å². The summed E-state index contributed by atoms with van der Waals surface area (Å²) in [5.74, 6) is 0.710. The van der Waals surface area contributed by atoms with Gasteiger partial charge in [0.15, 0.2) is 0 Å². The van der Waals surface area contributed by atoms with E-state index in [9.17, 15) is 4.79 Å². The van der Waals surface area contributed by atoms with Gasteiger partial charge in [0.25, 0.3) is 0 Å². The lowest BCUT2D eigenvalue weighted by Crippen LogP contribution is -2.31. The number of carbonyl (C=O) groups excluding carboxylic acids is 1. The molecule has 0 aliphatic carbocycles. The number of benzene rings is 1. The molecule has 1 aliphatic heterocycles. The van der Waals surface area contributed by atoms with Gasteiger partial charge in [0.2, 0.25) is 0 Å². The van der Waals surface area contributed by atoms with Crippen LogP contribution < -0.4 is 10.1 Å². The van der Waals surface area contributed by atoms with E-state index < -0.39 is 6.09 Å². The average molecular weight is 391 g/mol. The third-order valence-corrected chi connectivity index (χ3v) is 5.18. The monoisotopic (exact) mass is 390 g/mol. The smallest absolute Gasteiger partial charge is 0.411 e. The minimum atomic E-state index is -0.408. The summed E-state index contributed by atoms with van der Waals surface area (Å²) >= 11 is 0. The average Bonchev–Trinajstić information content (AvgIpc) is 2.72. The lowest BCUT2D eigenvalue weighted by Gasteiger charge is -2.26. The number of piperidine rings is 1. The number of unbranched alkanes of at least 4 members (excludes halogenated alkanes) is 5. The second-order valence-corrected chi connectivity index (χ2v) is 7.63. The predicted molar refractivity (Wildman–Crippen MR) is 115 cm³/mol. The third-order valence-electron chi connectivity index (χ3n) is 5.18. The van der Waals surface area contributed by atoms with Crippen LogP contribution in [0.4, 0.5) is 10.5 Å². The Kier molecular flexibility index (Phi) is 11.5. The van der Waals surface area contributed by atoms with Gasteiger partial charge < -0.3 is 14.4 Å². The van der Waals surface area contributed by atoms with Crippen LogP contribution in [-0.4, -0.2) is 43.8 Å². The molecule has 0 radical (unpaired) electrons. The van der Waals surface area contributed by atoms with E-state index in [0.29, 0.717) is 24.7 Å². The number of nitrogens with one attached hydrogen (secondary N) is 1. The zero-order chi connectivity index (χ0) is 19.9. The fourth-order valence-corrected chi connectivity index (χ4v) is 3.54. The maximum atomic E-state index is 12.1. The number of anilines is 1. The Labute approximate surface area is 170 Å². The van der Waals surface area contributed by atoms with Crippen molar-refractivity contribution in [2.24, 2.45) is 0 Å². The number of para-hydroxylation sites is 2. The van der Waals surface area contributed by atoms with E-state index in [0.717, 1.165) is 19.4 Å². The highest BCUT2D eigenvalue weighted by Gasteiger charge is 2.11. The summed E-state index contributed by atoms with van der Waals surface area (Å²) in [4.78, 5) is 14.5. The summed E-state index contributed by atoms with van der Waals surface area (Å²) in [6, 6.07) is 7.56. The van der Waals surface area contributed by atoms with E-state index in [1.807, 2.05) is 24.3 Å². The van der Waals surface area contributed by atoms with Crippen molar-refractivity contribution in [1.29, 1.82) is 0 Å². The number of amides is 1. The number of hydrogen-bond acceptors (Lipinski definition) is 4. The summed E-state index contributed by atoms with van der Waals surface area (Å²) in [6.07, 6.45) is 11.8. The molecule has 1 saturated heterocycles. The molecule has 0 atom stereocenters. The molecule has 1 aromatic carbocycles. The SMILES string of the molecule is CCCCCCCCOc1ccccc1NC(=O)OCCCN1CCCCC1. The first-order valence-corrected chi connectivity index (χ1v) is 11.2. The van der Waals surface area contributed by atoms with Gasteiger partial charge in [-0.2, -0.15) is 0 Å². The highest BCUT2D eigenvalue weighted by atomic mass is 16.5. The Morgan fingerprint density at radius 3 is 2.54 bits per heavy atom. The first-order valence-electron chi connectivity index (χ1n) is 11.2. The van der Waals surface area contributed by atoms with Crippen LogP contribution in [0.2, 0.25) is 0 Å². The molecule has 0 unspecified atom stereocenters. The van der Waals surface area contributed by atoms with Crippen LogP contribution in [-0.2, 0) is 4.74 Å². The van der Waals surface area contributed by atoms with Crippen LogP contribution >= 0.6 is 0 Å². The van der Waals surface area contributed by atoms with Crippen LogP contribution in [0.15, 0.2) is 24.3 Å². The maximum absolute atomic E-state index is 12.1. The molecular formula is C23H38N2O3. The van der Waals surface area contributed by atoms with Crippen LogP contribution in [0.5, 0.6) is 5.75 Å². The van der Waals surface area contributed by atoms with Crippen molar-refractivity contribution in [3.63, 3.8) is 0 Å². The van der Waals surface area contributed by atoms with Gasteiger partial charge in [-0.15, -0.1) is 0 Å². The Bertz CT molecular complexity index is 544. The van der Waals surface area contributed by atoms with Crippen molar-refractivity contribution >= 4 is 11.8 Å². The molecule has 2 rings (SSSR count). The molecule has 0 bridgehead atoms. The first-order chi connectivity index (χ1) is 13.8. The van der Waals surface area contributed by atoms with Crippen LogP contribution in [0.25, 0.3) is 0 Å². The summed E-state index contributed by atoms with van der Waals surface area (Å²) in [5.41, 5.74) is 0.675. The Hall–Kier alpha value is -1.75. The number of ether oxygens (including phenoxy) is 2. The normalized spacial score (nSPS) is 14.6. The van der Waals surface area contributed by atoms with E-state index in [2.05, 4.69) is 17.1 Å². The molecule has 158 valence electrons. The van der Waals surface area contributed by atoms with Crippen molar-refractivity contribution in [1.82, 2.24) is 4.90 Å². The molecule has 0 spiro atoms. The lowest BCUT2D eigenvalue weighted by molar-refractivity contribution is 0.148. The molecule has 1 aromatic rings. The molecule has 1 heterocycles. The Morgan fingerprint density at radius 2 is 1.71 bits per heavy atom. The molecule has 1 fully saturated rings. The number of nitrogens with zero attached hydrogens (tertiary/aromatic N) is 1. The Morgan fingerprint density at radius 1 is 0.964 bits per heavy atom. The first kappa shape index (κ1) is 22.5. The quantitative estimate of drug-likeness (QED) is 0.429. The van der Waals surface area contributed by atoms with Crippen molar-refractivity contribution in [2.45, 2.75) is 71.1 Å². The van der Waals surface area contributed by atoms with Gasteiger partial charge in [-0.25, -0.2) is 4.79 Å². The van der Waals surface area contributed by atoms with Gasteiger partial charge in [0, 0.05) is 6.54 Å². The molecule has 1 aliphatic rings. The molecule has 28 heavy (non-hydrogen) atoms. The van der Waals surface area contributed by atoms with E-state index in [1.54, 1.807) is 0 Å². The van der Waals surface area contributed by atoms with Crippen LogP contribution in [0.3, 0.4) is 0 Å². The van der Waals surface area contributed by atoms with Crippen molar-refractivity contribution in [3.8, 4) is 5.75 Å². The topological polar surface area (TPSA) is 50.8 Å². The fourth-order valence-electron chi connectivity index (χ4n) is 3.54. The number of hydrogen-bond donors (Lipinski definition) is 1. The predicted octanol–water partition coefficient (Wildman–Crippen LogP) is 5.85. The molecule has 0 aromatic heterocycles. The van der Waals surface area contributed by atoms with Crippen molar-refractivity contribution in [3.05, 3.63) is 24.3 Å². The largest absolute Gasteiger partial charge is 0.491 e. The van der Waals surface area contributed by atoms with Crippen LogP contribution in [0.1, 0.15) is 71.1 Å². The second kappa shape index (κ2) is 14.3. The fraction of sp³-hybridized carbons (Fsp3) is 0.696. The van der Waals surface area contributed by atoms with Gasteiger partial charge >= 0.3 is 6.09 Å². The van der Waals surface area contributed by atoms with Crippen LogP contribution in [0, 0.1) is 0 Å². The lowest BCUT2D eigenvalue weighted by atomic mass is 10.1. The standard InChI is InChI=1S/C23H38N2O3/c1-2-3-4-5-6-12-19-27-22-15-9-8-14-21(22)24-23(26)28-20-13-18-25-16-10-7-11-17-25/h8-9,14-15H,2-7,10-13,16-20H2,1H3,(H,24,26). The van der Waals surface area contributed by atoms with Crippen molar-refractivity contribution < 1.29 is 14.3 Å². The van der Waals surface area contributed by atoms with Gasteiger partial charge in [-0.05, 0) is 50.9 Å². The summed E-state index contributed by atoms with van der Waals surface area (Å²) in [6.45, 7) is 6.71. The highest BCUT2D eigenvalue weighted by Crippen LogP contribution is 2.24. The molecule has 5 heteroatoms. The van der Waals surface area contributed by atoms with E-state index >= 15 is 0 Å². The second-order valence-electron chi connectivity index (χ2n) is 7.63. The summed E-state index contributed by atoms with van der Waals surface area (Å²) in [5, 5.41) is 2.82. The van der Waals surface area contributed by atoms with Gasteiger partial charge in [-0.1, -0.05) is 57.6 Å². The summed E-state index contributed by atoms with van der Waals surface area (Å²) in [7, 11) is 0. The van der Waals surface area contributed by atoms with E-state index in [-0.39, 0.29) is 0 Å². The van der Waals surface area contributed by atoms with Crippen molar-refractivity contribution in [2.75, 3.05) is 38.2 Å².